The third kappa shape index (κ3) is 10.8. The molecular formula is C14H26O. The minimum atomic E-state index is 0.0654. The molecule has 1 heteroatoms. The van der Waals surface area contributed by atoms with Crippen molar-refractivity contribution < 1.29 is 4.79 Å². The summed E-state index contributed by atoms with van der Waals surface area (Å²) in [7, 11) is 0. The monoisotopic (exact) mass is 210 g/mol. The first-order chi connectivity index (χ1) is 7.13. The van der Waals surface area contributed by atoms with E-state index >= 15 is 0 Å². The Morgan fingerprint density at radius 1 is 1.07 bits per heavy atom. The summed E-state index contributed by atoms with van der Waals surface area (Å²) in [5.74, 6) is 0.0654. The van der Waals surface area contributed by atoms with E-state index in [-0.39, 0.29) is 5.78 Å². The van der Waals surface area contributed by atoms with Crippen LogP contribution in [0.15, 0.2) is 36.0 Å². The van der Waals surface area contributed by atoms with Gasteiger partial charge in [0.25, 0.3) is 0 Å². The van der Waals surface area contributed by atoms with Crippen molar-refractivity contribution in [3.8, 4) is 0 Å². The topological polar surface area (TPSA) is 17.1 Å². The Labute approximate surface area is 95.6 Å². The van der Waals surface area contributed by atoms with Crippen molar-refractivity contribution >= 4 is 5.78 Å². The lowest BCUT2D eigenvalue weighted by Crippen LogP contribution is -1.95. The molecule has 0 atom stereocenters. The van der Waals surface area contributed by atoms with E-state index in [9.17, 15) is 4.79 Å². The van der Waals surface area contributed by atoms with Gasteiger partial charge in [0.1, 0.15) is 0 Å². The Morgan fingerprint density at radius 3 is 1.67 bits per heavy atom. The highest BCUT2D eigenvalue weighted by atomic mass is 16.1. The van der Waals surface area contributed by atoms with Crippen molar-refractivity contribution in [2.24, 2.45) is 0 Å². The maximum Gasteiger partial charge on any atom is 0.160 e. The van der Waals surface area contributed by atoms with Crippen LogP contribution in [0.1, 0.15) is 48.5 Å². The van der Waals surface area contributed by atoms with Crippen LogP contribution in [0.4, 0.5) is 0 Å². The molecular weight excluding hydrogens is 184 g/mol. The van der Waals surface area contributed by atoms with Crippen molar-refractivity contribution in [1.29, 1.82) is 0 Å². The fourth-order valence-electron chi connectivity index (χ4n) is 0.922. The maximum absolute atomic E-state index is 10.9. The van der Waals surface area contributed by atoms with Gasteiger partial charge in [-0.1, -0.05) is 52.5 Å². The Bertz CT molecular complexity index is 219. The molecule has 0 aromatic carbocycles. The second-order valence-corrected chi connectivity index (χ2v) is 2.36. The molecule has 0 spiro atoms. The Hall–Kier alpha value is -1.11. The zero-order valence-electron chi connectivity index (χ0n) is 11.3. The van der Waals surface area contributed by atoms with Crippen molar-refractivity contribution in [2.45, 2.75) is 48.5 Å². The van der Waals surface area contributed by atoms with Crippen LogP contribution in [-0.4, -0.2) is 5.78 Å². The van der Waals surface area contributed by atoms with Gasteiger partial charge in [-0.05, 0) is 26.3 Å². The van der Waals surface area contributed by atoms with E-state index in [0.29, 0.717) is 5.57 Å². The summed E-state index contributed by atoms with van der Waals surface area (Å²) in [6.45, 7) is 16.9. The van der Waals surface area contributed by atoms with Gasteiger partial charge in [0.2, 0.25) is 0 Å². The highest BCUT2D eigenvalue weighted by Gasteiger charge is 2.00. The van der Waals surface area contributed by atoms with Gasteiger partial charge in [-0.2, -0.15) is 0 Å². The molecule has 0 unspecified atom stereocenters. The highest BCUT2D eigenvalue weighted by molar-refractivity contribution is 5.97. The molecule has 0 rings (SSSR count). The van der Waals surface area contributed by atoms with Crippen LogP contribution in [-0.2, 0) is 4.79 Å². The molecule has 88 valence electrons. The van der Waals surface area contributed by atoms with E-state index in [0.717, 1.165) is 5.57 Å². The van der Waals surface area contributed by atoms with E-state index in [1.807, 2.05) is 53.7 Å². The number of hydrogen-bond acceptors (Lipinski definition) is 1. The molecule has 1 nitrogen and oxygen atoms in total. The normalized spacial score (nSPS) is 10.3. The van der Waals surface area contributed by atoms with Crippen LogP contribution < -0.4 is 0 Å². The second kappa shape index (κ2) is 15.4. The third-order valence-corrected chi connectivity index (χ3v) is 1.42. The molecule has 0 heterocycles. The van der Waals surface area contributed by atoms with Gasteiger partial charge >= 0.3 is 0 Å². The van der Waals surface area contributed by atoms with E-state index in [1.54, 1.807) is 13.0 Å². The van der Waals surface area contributed by atoms with Gasteiger partial charge in [-0.15, -0.1) is 0 Å². The molecule has 0 aromatic rings. The fraction of sp³-hybridized carbons (Fsp3) is 0.500. The van der Waals surface area contributed by atoms with E-state index in [2.05, 4.69) is 6.58 Å². The van der Waals surface area contributed by atoms with Crippen LogP contribution in [0.25, 0.3) is 0 Å². The first kappa shape index (κ1) is 19.5. The van der Waals surface area contributed by atoms with Gasteiger partial charge in [0, 0.05) is 5.57 Å². The predicted octanol–water partition coefficient (Wildman–Crippen LogP) is 4.71. The summed E-state index contributed by atoms with van der Waals surface area (Å²) in [6.07, 6.45) is 5.40. The standard InChI is InChI=1S/C10H14O.2C2H6/c1-5-7-8(3)10(6-2)9(4)11;2*1-2/h5-7H,2H2,1,3-4H3;2*1-2H3/b7-5-,10-8+;;. The third-order valence-electron chi connectivity index (χ3n) is 1.42. The lowest BCUT2D eigenvalue weighted by atomic mass is 10.1. The van der Waals surface area contributed by atoms with Crippen LogP contribution in [0.3, 0.4) is 0 Å². The zero-order chi connectivity index (χ0) is 12.9. The largest absolute Gasteiger partial charge is 0.295 e. The molecule has 0 saturated carbocycles. The van der Waals surface area contributed by atoms with E-state index < -0.39 is 0 Å². The Balaban J connectivity index is -0.000000318. The summed E-state index contributed by atoms with van der Waals surface area (Å²) in [6, 6.07) is 0. The highest BCUT2D eigenvalue weighted by Crippen LogP contribution is 2.07. The number of carbonyl (C=O) groups excluding carboxylic acids is 1. The number of carbonyl (C=O) groups is 1. The summed E-state index contributed by atoms with van der Waals surface area (Å²) >= 11 is 0. The van der Waals surface area contributed by atoms with Crippen LogP contribution in [0.5, 0.6) is 0 Å². The number of allylic oxidation sites excluding steroid dienone is 5. The molecule has 0 fully saturated rings. The van der Waals surface area contributed by atoms with Gasteiger partial charge in [0.15, 0.2) is 5.78 Å². The molecule has 0 saturated heterocycles. The minimum Gasteiger partial charge on any atom is -0.295 e. The zero-order valence-corrected chi connectivity index (χ0v) is 11.3. The molecule has 15 heavy (non-hydrogen) atoms. The van der Waals surface area contributed by atoms with Crippen LogP contribution in [0.2, 0.25) is 0 Å². The van der Waals surface area contributed by atoms with Crippen molar-refractivity contribution in [3.63, 3.8) is 0 Å². The van der Waals surface area contributed by atoms with Crippen LogP contribution >= 0.6 is 0 Å². The number of rotatable bonds is 3. The number of Topliss-reactive ketones (excluding diaryl/α,β-unsaturated/α-hetero) is 1. The predicted molar refractivity (Wildman–Crippen MR) is 71.1 cm³/mol. The van der Waals surface area contributed by atoms with E-state index in [1.165, 1.54) is 0 Å². The lowest BCUT2D eigenvalue weighted by molar-refractivity contribution is -0.113. The van der Waals surface area contributed by atoms with Gasteiger partial charge in [-0.25, -0.2) is 0 Å². The SMILES string of the molecule is C=C/C(C(C)=O)=C(C)\C=C/C.CC.CC. The first-order valence-corrected chi connectivity index (χ1v) is 5.60. The maximum atomic E-state index is 10.9. The smallest absolute Gasteiger partial charge is 0.160 e. The van der Waals surface area contributed by atoms with Crippen molar-refractivity contribution in [3.05, 3.63) is 36.0 Å². The van der Waals surface area contributed by atoms with E-state index in [4.69, 9.17) is 0 Å². The average Bonchev–Trinajstić information content (AvgIpc) is 2.24. The van der Waals surface area contributed by atoms with Gasteiger partial charge in [0.05, 0.1) is 0 Å². The molecule has 0 aliphatic rings. The Morgan fingerprint density at radius 2 is 1.47 bits per heavy atom. The summed E-state index contributed by atoms with van der Waals surface area (Å²) in [4.78, 5) is 10.9. The average molecular weight is 210 g/mol. The molecule has 0 aromatic heterocycles. The van der Waals surface area contributed by atoms with Crippen molar-refractivity contribution in [2.75, 3.05) is 0 Å². The molecule has 0 aliphatic heterocycles. The quantitative estimate of drug-likeness (QED) is 0.487. The summed E-state index contributed by atoms with van der Waals surface area (Å²) < 4.78 is 0. The first-order valence-electron chi connectivity index (χ1n) is 5.60. The van der Waals surface area contributed by atoms with Crippen molar-refractivity contribution in [1.82, 2.24) is 0 Å². The summed E-state index contributed by atoms with van der Waals surface area (Å²) in [5, 5.41) is 0. The fourth-order valence-corrected chi connectivity index (χ4v) is 0.922. The number of ketones is 1. The Kier molecular flexibility index (Phi) is 19.9. The van der Waals surface area contributed by atoms with Gasteiger partial charge in [-0.3, -0.25) is 4.79 Å². The molecule has 0 aliphatic carbocycles. The molecule has 0 radical (unpaired) electrons. The van der Waals surface area contributed by atoms with Crippen LogP contribution in [0, 0.1) is 0 Å². The summed E-state index contributed by atoms with van der Waals surface area (Å²) in [5.41, 5.74) is 1.66. The number of hydrogen-bond donors (Lipinski definition) is 0. The van der Waals surface area contributed by atoms with Gasteiger partial charge < -0.3 is 0 Å². The molecule has 0 N–H and O–H groups in total. The minimum absolute atomic E-state index is 0.0654. The molecule has 0 bridgehead atoms. The molecule has 0 amide bonds. The second-order valence-electron chi connectivity index (χ2n) is 2.36. The lowest BCUT2D eigenvalue weighted by Gasteiger charge is -1.98.